The van der Waals surface area contributed by atoms with Crippen LogP contribution in [0.4, 0.5) is 0 Å². The van der Waals surface area contributed by atoms with E-state index >= 15 is 0 Å². The van der Waals surface area contributed by atoms with Crippen molar-refractivity contribution in [1.82, 2.24) is 5.32 Å². The van der Waals surface area contributed by atoms with E-state index in [4.69, 9.17) is 0 Å². The second-order valence-electron chi connectivity index (χ2n) is 6.13. The Balaban J connectivity index is 1.94. The van der Waals surface area contributed by atoms with Gasteiger partial charge in [0.05, 0.1) is 0 Å². The number of halogens is 1. The lowest BCUT2D eigenvalue weighted by atomic mass is 9.68. The van der Waals surface area contributed by atoms with Crippen LogP contribution >= 0.6 is 15.9 Å². The summed E-state index contributed by atoms with van der Waals surface area (Å²) in [5.74, 6) is 0.373. The van der Waals surface area contributed by atoms with Crippen molar-refractivity contribution >= 4 is 21.8 Å². The van der Waals surface area contributed by atoms with Crippen molar-refractivity contribution in [3.8, 4) is 0 Å². The number of nitrogens with one attached hydrogen (secondary N) is 1. The topological polar surface area (TPSA) is 29.1 Å². The van der Waals surface area contributed by atoms with Gasteiger partial charge in [-0.15, -0.1) is 0 Å². The van der Waals surface area contributed by atoms with Crippen molar-refractivity contribution in [2.45, 2.75) is 46.1 Å². The summed E-state index contributed by atoms with van der Waals surface area (Å²) in [6, 6.07) is 8.08. The highest BCUT2D eigenvalue weighted by Crippen LogP contribution is 2.40. The largest absolute Gasteiger partial charge is 0.352 e. The van der Waals surface area contributed by atoms with Gasteiger partial charge in [-0.1, -0.05) is 54.8 Å². The molecule has 1 aliphatic carbocycles. The average molecular weight is 324 g/mol. The zero-order valence-electron chi connectivity index (χ0n) is 11.7. The van der Waals surface area contributed by atoms with E-state index in [1.54, 1.807) is 0 Å². The molecule has 1 aromatic rings. The first-order valence-corrected chi connectivity index (χ1v) is 7.80. The molecule has 0 radical (unpaired) electrons. The van der Waals surface area contributed by atoms with Gasteiger partial charge in [0.1, 0.15) is 0 Å². The molecular weight excluding hydrogens is 302 g/mol. The van der Waals surface area contributed by atoms with Gasteiger partial charge >= 0.3 is 0 Å². The van der Waals surface area contributed by atoms with Gasteiger partial charge in [0.15, 0.2) is 0 Å². The monoisotopic (exact) mass is 323 g/mol. The summed E-state index contributed by atoms with van der Waals surface area (Å²) in [5, 5.41) is 3.09. The highest BCUT2D eigenvalue weighted by atomic mass is 79.9. The number of rotatable bonds is 3. The van der Waals surface area contributed by atoms with Gasteiger partial charge in [-0.3, -0.25) is 4.79 Å². The molecule has 1 atom stereocenters. The molecule has 2 rings (SSSR count). The van der Waals surface area contributed by atoms with Gasteiger partial charge in [0, 0.05) is 16.9 Å². The molecule has 1 N–H and O–H groups in total. The van der Waals surface area contributed by atoms with Crippen LogP contribution in [0.25, 0.3) is 0 Å². The molecule has 1 amide bonds. The van der Waals surface area contributed by atoms with E-state index < -0.39 is 0 Å². The summed E-state index contributed by atoms with van der Waals surface area (Å²) in [5.41, 5.74) is 1.27. The highest BCUT2D eigenvalue weighted by Gasteiger charge is 2.36. The number of hydrogen-bond acceptors (Lipinski definition) is 1. The Morgan fingerprint density at radius 1 is 1.42 bits per heavy atom. The van der Waals surface area contributed by atoms with Crippen molar-refractivity contribution < 1.29 is 4.79 Å². The zero-order chi connectivity index (χ0) is 13.9. The van der Waals surface area contributed by atoms with Crippen molar-refractivity contribution in [3.63, 3.8) is 0 Å². The van der Waals surface area contributed by atoms with Gasteiger partial charge in [-0.2, -0.15) is 0 Å². The summed E-state index contributed by atoms with van der Waals surface area (Å²) < 4.78 is 1.05. The molecule has 1 unspecified atom stereocenters. The second kappa shape index (κ2) is 6.08. The molecule has 19 heavy (non-hydrogen) atoms. The highest BCUT2D eigenvalue weighted by molar-refractivity contribution is 9.10. The minimum absolute atomic E-state index is 0.138. The quantitative estimate of drug-likeness (QED) is 0.883. The van der Waals surface area contributed by atoms with Crippen LogP contribution < -0.4 is 5.32 Å². The van der Waals surface area contributed by atoms with E-state index in [1.807, 2.05) is 24.3 Å². The van der Waals surface area contributed by atoms with Gasteiger partial charge in [-0.05, 0) is 36.0 Å². The van der Waals surface area contributed by atoms with E-state index in [2.05, 4.69) is 35.1 Å². The lowest BCUT2D eigenvalue weighted by Gasteiger charge is -2.37. The fraction of sp³-hybridized carbons (Fsp3) is 0.562. The fourth-order valence-electron chi connectivity index (χ4n) is 2.94. The molecule has 1 fully saturated rings. The predicted octanol–water partition coefficient (Wildman–Crippen LogP) is 4.28. The maximum atomic E-state index is 12.3. The van der Waals surface area contributed by atoms with Crippen molar-refractivity contribution in [2.75, 3.05) is 0 Å². The molecule has 104 valence electrons. The molecule has 0 saturated heterocycles. The number of carbonyl (C=O) groups excluding carboxylic acids is 1. The fourth-order valence-corrected chi connectivity index (χ4v) is 3.39. The van der Waals surface area contributed by atoms with Crippen molar-refractivity contribution in [1.29, 1.82) is 0 Å². The predicted molar refractivity (Wildman–Crippen MR) is 81.7 cm³/mol. The smallest absolute Gasteiger partial charge is 0.223 e. The summed E-state index contributed by atoms with van der Waals surface area (Å²) >= 11 is 3.45. The van der Waals surface area contributed by atoms with Crippen LogP contribution in [0.1, 0.15) is 45.1 Å². The van der Waals surface area contributed by atoms with Gasteiger partial charge in [-0.25, -0.2) is 0 Å². The normalized spacial score (nSPS) is 21.9. The summed E-state index contributed by atoms with van der Waals surface area (Å²) in [7, 11) is 0. The van der Waals surface area contributed by atoms with E-state index in [-0.39, 0.29) is 17.2 Å². The first-order chi connectivity index (χ1) is 8.99. The molecule has 3 heteroatoms. The summed E-state index contributed by atoms with van der Waals surface area (Å²) in [4.78, 5) is 12.3. The zero-order valence-corrected chi connectivity index (χ0v) is 13.3. The van der Waals surface area contributed by atoms with Gasteiger partial charge in [0.2, 0.25) is 5.91 Å². The van der Waals surface area contributed by atoms with Gasteiger partial charge < -0.3 is 5.32 Å². The lowest BCUT2D eigenvalue weighted by Crippen LogP contribution is -2.40. The van der Waals surface area contributed by atoms with Crippen LogP contribution in [0.2, 0.25) is 0 Å². The Bertz CT molecular complexity index is 456. The third kappa shape index (κ3) is 3.82. The molecule has 0 aliphatic heterocycles. The minimum atomic E-state index is 0.138. The van der Waals surface area contributed by atoms with E-state index in [1.165, 1.54) is 12.8 Å². The Labute approximate surface area is 124 Å². The van der Waals surface area contributed by atoms with Crippen molar-refractivity contribution in [2.24, 2.45) is 11.3 Å². The summed E-state index contributed by atoms with van der Waals surface area (Å²) in [6.45, 7) is 5.05. The third-order valence-electron chi connectivity index (χ3n) is 4.18. The first kappa shape index (κ1) is 14.6. The molecular formula is C16H22BrNO. The molecule has 0 aromatic heterocycles. The summed E-state index contributed by atoms with van der Waals surface area (Å²) in [6.07, 6.45) is 4.61. The molecule has 2 nitrogen and oxygen atoms in total. The molecule has 0 heterocycles. The average Bonchev–Trinajstić information content (AvgIpc) is 2.35. The number of hydrogen-bond donors (Lipinski definition) is 1. The third-order valence-corrected chi connectivity index (χ3v) is 4.67. The molecule has 1 aromatic carbocycles. The SMILES string of the molecule is CC1(C)CCCCC1C(=O)NCc1cccc(Br)c1. The number of benzene rings is 1. The maximum Gasteiger partial charge on any atom is 0.223 e. The molecule has 1 saturated carbocycles. The van der Waals surface area contributed by atoms with E-state index in [9.17, 15) is 4.79 Å². The molecule has 0 spiro atoms. The minimum Gasteiger partial charge on any atom is -0.352 e. The van der Waals surface area contributed by atoms with E-state index in [0.29, 0.717) is 6.54 Å². The van der Waals surface area contributed by atoms with Crippen LogP contribution in [-0.2, 0) is 11.3 Å². The van der Waals surface area contributed by atoms with Crippen LogP contribution in [-0.4, -0.2) is 5.91 Å². The first-order valence-electron chi connectivity index (χ1n) is 7.01. The Hall–Kier alpha value is -0.830. The van der Waals surface area contributed by atoms with Gasteiger partial charge in [0.25, 0.3) is 0 Å². The number of amides is 1. The van der Waals surface area contributed by atoms with Crippen LogP contribution in [0.15, 0.2) is 28.7 Å². The molecule has 1 aliphatic rings. The standard InChI is InChI=1S/C16H22BrNO/c1-16(2)9-4-3-8-14(16)15(19)18-11-12-6-5-7-13(17)10-12/h5-7,10,14H,3-4,8-9,11H2,1-2H3,(H,18,19). The van der Waals surface area contributed by atoms with Crippen LogP contribution in [0.5, 0.6) is 0 Å². The Kier molecular flexibility index (Phi) is 4.67. The Morgan fingerprint density at radius 2 is 2.21 bits per heavy atom. The van der Waals surface area contributed by atoms with E-state index in [0.717, 1.165) is 22.9 Å². The lowest BCUT2D eigenvalue weighted by molar-refractivity contribution is -0.130. The Morgan fingerprint density at radius 3 is 2.89 bits per heavy atom. The maximum absolute atomic E-state index is 12.3. The van der Waals surface area contributed by atoms with Crippen LogP contribution in [0.3, 0.4) is 0 Å². The van der Waals surface area contributed by atoms with Crippen LogP contribution in [0, 0.1) is 11.3 Å². The molecule has 0 bridgehead atoms. The number of carbonyl (C=O) groups is 1. The second-order valence-corrected chi connectivity index (χ2v) is 7.05. The van der Waals surface area contributed by atoms with Crippen molar-refractivity contribution in [3.05, 3.63) is 34.3 Å².